The van der Waals surface area contributed by atoms with E-state index in [-0.39, 0.29) is 5.91 Å². The number of nitrogens with zero attached hydrogens (tertiary/aromatic N) is 4. The van der Waals surface area contributed by atoms with Crippen LogP contribution in [-0.2, 0) is 16.1 Å². The first kappa shape index (κ1) is 15.9. The van der Waals surface area contributed by atoms with Crippen LogP contribution in [0.3, 0.4) is 0 Å². The first-order valence-electron chi connectivity index (χ1n) is 7.44. The zero-order valence-electron chi connectivity index (χ0n) is 12.7. The van der Waals surface area contributed by atoms with Gasteiger partial charge in [-0.25, -0.2) is 4.98 Å². The zero-order chi connectivity index (χ0) is 14.9. The van der Waals surface area contributed by atoms with Crippen LogP contribution in [0.25, 0.3) is 0 Å². The molecule has 1 saturated heterocycles. The summed E-state index contributed by atoms with van der Waals surface area (Å²) < 4.78 is 7.01. The van der Waals surface area contributed by atoms with Crippen LogP contribution >= 0.6 is 0 Å². The number of piperazine rings is 1. The van der Waals surface area contributed by atoms with Crippen molar-refractivity contribution in [3.05, 3.63) is 18.7 Å². The molecular formula is C14H25N5O2. The van der Waals surface area contributed by atoms with E-state index in [9.17, 15) is 4.79 Å². The first-order chi connectivity index (χ1) is 10.3. The Morgan fingerprint density at radius 2 is 2.00 bits per heavy atom. The molecule has 0 atom stereocenters. The Bertz CT molecular complexity index is 402. The zero-order valence-corrected chi connectivity index (χ0v) is 12.7. The molecule has 2 heterocycles. The molecule has 0 spiro atoms. The van der Waals surface area contributed by atoms with Crippen molar-refractivity contribution in [2.75, 3.05) is 59.5 Å². The minimum absolute atomic E-state index is 0.0823. The van der Waals surface area contributed by atoms with Crippen molar-refractivity contribution in [1.82, 2.24) is 24.7 Å². The van der Waals surface area contributed by atoms with Gasteiger partial charge in [-0.1, -0.05) is 0 Å². The van der Waals surface area contributed by atoms with Gasteiger partial charge in [-0.15, -0.1) is 0 Å². The molecule has 1 aliphatic rings. The summed E-state index contributed by atoms with van der Waals surface area (Å²) in [6, 6.07) is 0. The van der Waals surface area contributed by atoms with E-state index in [1.165, 1.54) is 0 Å². The largest absolute Gasteiger partial charge is 0.383 e. The number of carbonyl (C=O) groups is 1. The van der Waals surface area contributed by atoms with Crippen molar-refractivity contribution in [1.29, 1.82) is 0 Å². The highest BCUT2D eigenvalue weighted by atomic mass is 16.5. The second-order valence-corrected chi connectivity index (χ2v) is 5.26. The van der Waals surface area contributed by atoms with Crippen LogP contribution in [0.2, 0.25) is 0 Å². The highest BCUT2D eigenvalue weighted by Gasteiger charge is 2.18. The lowest BCUT2D eigenvalue weighted by atomic mass is 10.3. The third-order valence-corrected chi connectivity index (χ3v) is 3.69. The lowest BCUT2D eigenvalue weighted by Crippen LogP contribution is -2.50. The molecule has 118 valence electrons. The van der Waals surface area contributed by atoms with E-state index in [1.807, 2.05) is 12.5 Å². The normalized spacial score (nSPS) is 17.0. The van der Waals surface area contributed by atoms with Crippen molar-refractivity contribution in [3.8, 4) is 0 Å². The molecular weight excluding hydrogens is 270 g/mol. The number of nitrogens with one attached hydrogen (secondary N) is 1. The molecule has 0 aliphatic carbocycles. The fourth-order valence-electron chi connectivity index (χ4n) is 2.40. The van der Waals surface area contributed by atoms with Gasteiger partial charge in [0.25, 0.3) is 0 Å². The number of ether oxygens (including phenoxy) is 1. The molecule has 0 radical (unpaired) electrons. The number of hydrogen-bond acceptors (Lipinski definition) is 5. The van der Waals surface area contributed by atoms with Gasteiger partial charge in [0.1, 0.15) is 0 Å². The molecule has 1 amide bonds. The monoisotopic (exact) mass is 295 g/mol. The maximum Gasteiger partial charge on any atom is 0.234 e. The topological polar surface area (TPSA) is 62.6 Å². The number of imidazole rings is 1. The maximum absolute atomic E-state index is 11.7. The first-order valence-corrected chi connectivity index (χ1v) is 7.44. The predicted octanol–water partition coefficient (Wildman–Crippen LogP) is -0.737. The van der Waals surface area contributed by atoms with Gasteiger partial charge in [0.15, 0.2) is 0 Å². The van der Waals surface area contributed by atoms with Crippen LogP contribution in [0, 0.1) is 0 Å². The van der Waals surface area contributed by atoms with Crippen LogP contribution < -0.4 is 5.32 Å². The Kier molecular flexibility index (Phi) is 6.65. The molecule has 0 aromatic carbocycles. The van der Waals surface area contributed by atoms with Crippen molar-refractivity contribution < 1.29 is 9.53 Å². The van der Waals surface area contributed by atoms with Gasteiger partial charge in [0.2, 0.25) is 5.91 Å². The third kappa shape index (κ3) is 5.82. The fraction of sp³-hybridized carbons (Fsp3) is 0.714. The molecule has 1 aromatic rings. The van der Waals surface area contributed by atoms with Gasteiger partial charge in [0, 0.05) is 65.3 Å². The number of carbonyl (C=O) groups excluding carboxylic acids is 1. The molecule has 2 rings (SSSR count). The molecule has 1 fully saturated rings. The van der Waals surface area contributed by atoms with Crippen molar-refractivity contribution >= 4 is 5.91 Å². The molecule has 1 N–H and O–H groups in total. The molecule has 0 saturated carbocycles. The van der Waals surface area contributed by atoms with Crippen molar-refractivity contribution in [2.45, 2.75) is 6.54 Å². The summed E-state index contributed by atoms with van der Waals surface area (Å²) in [5.41, 5.74) is 0. The summed E-state index contributed by atoms with van der Waals surface area (Å²) in [5.74, 6) is 0.0823. The Hall–Kier alpha value is -1.44. The number of aromatic nitrogens is 2. The summed E-state index contributed by atoms with van der Waals surface area (Å²) in [6.07, 6.45) is 5.64. The summed E-state index contributed by atoms with van der Waals surface area (Å²) in [7, 11) is 1.63. The lowest BCUT2D eigenvalue weighted by molar-refractivity contribution is -0.122. The summed E-state index contributed by atoms with van der Waals surface area (Å²) in [5, 5.41) is 2.86. The second kappa shape index (κ2) is 8.76. The molecule has 1 aliphatic heterocycles. The van der Waals surface area contributed by atoms with Gasteiger partial charge in [-0.3, -0.25) is 14.6 Å². The van der Waals surface area contributed by atoms with E-state index in [0.29, 0.717) is 19.7 Å². The van der Waals surface area contributed by atoms with Gasteiger partial charge < -0.3 is 14.6 Å². The van der Waals surface area contributed by atoms with E-state index >= 15 is 0 Å². The Balaban J connectivity index is 1.58. The molecule has 0 bridgehead atoms. The fourth-order valence-corrected chi connectivity index (χ4v) is 2.40. The Morgan fingerprint density at radius 3 is 2.67 bits per heavy atom. The standard InChI is InChI=1S/C14H25N5O2/c1-21-11-3-16-14(20)12-18-8-5-17(6-9-18)7-10-19-4-2-15-13-19/h2,4,13H,3,5-12H2,1H3,(H,16,20). The third-order valence-electron chi connectivity index (χ3n) is 3.69. The minimum Gasteiger partial charge on any atom is -0.383 e. The van der Waals surface area contributed by atoms with Crippen molar-refractivity contribution in [3.63, 3.8) is 0 Å². The van der Waals surface area contributed by atoms with Crippen LogP contribution in [0.1, 0.15) is 0 Å². The Labute approximate surface area is 125 Å². The second-order valence-electron chi connectivity index (χ2n) is 5.26. The van der Waals surface area contributed by atoms with Crippen LogP contribution in [0.15, 0.2) is 18.7 Å². The molecule has 21 heavy (non-hydrogen) atoms. The highest BCUT2D eigenvalue weighted by Crippen LogP contribution is 2.02. The van der Waals surface area contributed by atoms with E-state index in [0.717, 1.165) is 39.3 Å². The highest BCUT2D eigenvalue weighted by molar-refractivity contribution is 5.77. The maximum atomic E-state index is 11.7. The number of amides is 1. The smallest absolute Gasteiger partial charge is 0.234 e. The predicted molar refractivity (Wildman–Crippen MR) is 80.0 cm³/mol. The SMILES string of the molecule is COCCNC(=O)CN1CCN(CCn2ccnc2)CC1. The summed E-state index contributed by atoms with van der Waals surface area (Å²) in [6.45, 7) is 7.55. The molecule has 7 nitrogen and oxygen atoms in total. The molecule has 1 aromatic heterocycles. The van der Waals surface area contributed by atoms with Gasteiger partial charge >= 0.3 is 0 Å². The lowest BCUT2D eigenvalue weighted by Gasteiger charge is -2.34. The molecule has 0 unspecified atom stereocenters. The summed E-state index contributed by atoms with van der Waals surface area (Å²) >= 11 is 0. The van der Waals surface area contributed by atoms with Crippen LogP contribution in [-0.4, -0.2) is 84.8 Å². The number of methoxy groups -OCH3 is 1. The van der Waals surface area contributed by atoms with E-state index in [1.54, 1.807) is 13.3 Å². The quantitative estimate of drug-likeness (QED) is 0.640. The van der Waals surface area contributed by atoms with Crippen LogP contribution in [0.4, 0.5) is 0 Å². The number of rotatable bonds is 8. The van der Waals surface area contributed by atoms with Crippen LogP contribution in [0.5, 0.6) is 0 Å². The number of hydrogen-bond donors (Lipinski definition) is 1. The average molecular weight is 295 g/mol. The van der Waals surface area contributed by atoms with Crippen molar-refractivity contribution in [2.24, 2.45) is 0 Å². The average Bonchev–Trinajstić information content (AvgIpc) is 3.00. The molecule has 7 heteroatoms. The van der Waals surface area contributed by atoms with E-state index in [4.69, 9.17) is 4.74 Å². The Morgan fingerprint density at radius 1 is 1.24 bits per heavy atom. The van der Waals surface area contributed by atoms with E-state index < -0.39 is 0 Å². The van der Waals surface area contributed by atoms with Gasteiger partial charge in [-0.2, -0.15) is 0 Å². The van der Waals surface area contributed by atoms with Gasteiger partial charge in [0.05, 0.1) is 19.5 Å². The van der Waals surface area contributed by atoms with Gasteiger partial charge in [-0.05, 0) is 0 Å². The summed E-state index contributed by atoms with van der Waals surface area (Å²) in [4.78, 5) is 20.4. The minimum atomic E-state index is 0.0823. The van der Waals surface area contributed by atoms with E-state index in [2.05, 4.69) is 24.7 Å².